The van der Waals surface area contributed by atoms with Gasteiger partial charge in [-0.1, -0.05) is 23.7 Å². The molecule has 40 heavy (non-hydrogen) atoms. The van der Waals surface area contributed by atoms with E-state index in [0.717, 1.165) is 19.2 Å². The lowest BCUT2D eigenvalue weighted by atomic mass is 9.98. The molecule has 4 rings (SSSR count). The minimum Gasteiger partial charge on any atom is -0.454 e. The molecule has 1 aromatic heterocycles. The highest BCUT2D eigenvalue weighted by Crippen LogP contribution is 2.57. The van der Waals surface area contributed by atoms with Crippen LogP contribution in [0.5, 0.6) is 0 Å². The van der Waals surface area contributed by atoms with E-state index in [0.29, 0.717) is 15.2 Å². The number of nitrogens with zero attached hydrogens (tertiary/aromatic N) is 1. The molecule has 3 heterocycles. The summed E-state index contributed by atoms with van der Waals surface area (Å²) in [4.78, 5) is 37.7. The van der Waals surface area contributed by atoms with Crippen LogP contribution in [0.4, 0.5) is 17.6 Å². The van der Waals surface area contributed by atoms with E-state index in [1.54, 1.807) is 24.3 Å². The molecule has 2 fully saturated rings. The Morgan fingerprint density at radius 2 is 2.05 bits per heavy atom. The maximum atomic E-state index is 16.1. The summed E-state index contributed by atoms with van der Waals surface area (Å²) in [5.41, 5.74) is -4.10. The summed E-state index contributed by atoms with van der Waals surface area (Å²) in [6.45, 7) is -1.64. The fraction of sp³-hybridized carbons (Fsp3) is 0.500. The number of nitrogens with one attached hydrogen (secondary N) is 1. The molecular weight excluding hydrogens is 595 g/mol. The number of phosphoric acid groups is 1. The number of halogens is 5. The van der Waals surface area contributed by atoms with Gasteiger partial charge in [-0.3, -0.25) is 32.7 Å². The highest BCUT2D eigenvalue weighted by atomic mass is 35.5. The van der Waals surface area contributed by atoms with Crippen LogP contribution in [-0.2, 0) is 37.1 Å². The summed E-state index contributed by atoms with van der Waals surface area (Å²) < 4.78 is 97.0. The number of aromatic nitrogens is 2. The Hall–Kier alpha value is -2.59. The number of hydrogen-bond donors (Lipinski definition) is 1. The van der Waals surface area contributed by atoms with Crippen LogP contribution in [0.1, 0.15) is 31.2 Å². The molecule has 0 radical (unpaired) electrons. The van der Waals surface area contributed by atoms with Gasteiger partial charge in [-0.05, 0) is 24.6 Å². The number of carbonyl (C=O) groups is 1. The second-order valence-corrected chi connectivity index (χ2v) is 10.9. The maximum Gasteiger partial charge on any atom is 0.523 e. The third kappa shape index (κ3) is 7.18. The number of rotatable bonds is 8. The molecule has 2 aromatic rings. The smallest absolute Gasteiger partial charge is 0.454 e. The van der Waals surface area contributed by atoms with Gasteiger partial charge in [0.25, 0.3) is 5.56 Å². The average Bonchev–Trinajstić information content (AvgIpc) is 3.10. The summed E-state index contributed by atoms with van der Waals surface area (Å²) in [7, 11) is -4.32. The van der Waals surface area contributed by atoms with Gasteiger partial charge in [-0.15, -0.1) is 13.2 Å². The first-order chi connectivity index (χ1) is 18.7. The van der Waals surface area contributed by atoms with Crippen molar-refractivity contribution in [3.8, 4) is 0 Å². The predicted octanol–water partition coefficient (Wildman–Crippen LogP) is 3.57. The highest BCUT2D eigenvalue weighted by Gasteiger charge is 2.59. The van der Waals surface area contributed by atoms with Gasteiger partial charge in [-0.2, -0.15) is 0 Å². The molecule has 0 bridgehead atoms. The van der Waals surface area contributed by atoms with Gasteiger partial charge in [-0.25, -0.2) is 18.5 Å². The van der Waals surface area contributed by atoms with Gasteiger partial charge in [0.15, 0.2) is 24.6 Å². The van der Waals surface area contributed by atoms with E-state index < -0.39 is 74.8 Å². The highest BCUT2D eigenvalue weighted by molar-refractivity contribution is 7.48. The third-order valence-electron chi connectivity index (χ3n) is 5.90. The van der Waals surface area contributed by atoms with Crippen LogP contribution in [0.2, 0.25) is 5.02 Å². The first-order valence-corrected chi connectivity index (χ1v) is 13.4. The monoisotopic (exact) mass is 616 g/mol. The van der Waals surface area contributed by atoms with Crippen LogP contribution in [0.3, 0.4) is 0 Å². The lowest BCUT2D eigenvalue weighted by molar-refractivity contribution is -0.323. The molecule has 220 valence electrons. The zero-order valence-corrected chi connectivity index (χ0v) is 22.1. The van der Waals surface area contributed by atoms with E-state index >= 15 is 4.39 Å². The van der Waals surface area contributed by atoms with Crippen molar-refractivity contribution in [1.29, 1.82) is 0 Å². The van der Waals surface area contributed by atoms with Crippen molar-refractivity contribution in [2.45, 2.75) is 49.9 Å². The van der Waals surface area contributed by atoms with Crippen LogP contribution in [-0.4, -0.2) is 59.6 Å². The van der Waals surface area contributed by atoms with Crippen LogP contribution in [0.15, 0.2) is 46.1 Å². The number of alkyl halides is 4. The largest absolute Gasteiger partial charge is 0.523 e. The van der Waals surface area contributed by atoms with Crippen LogP contribution >= 0.6 is 19.4 Å². The van der Waals surface area contributed by atoms with Crippen LogP contribution < -0.4 is 11.2 Å². The van der Waals surface area contributed by atoms with Crippen molar-refractivity contribution in [1.82, 2.24) is 9.55 Å². The van der Waals surface area contributed by atoms with Gasteiger partial charge in [0.2, 0.25) is 0 Å². The van der Waals surface area contributed by atoms with Crippen molar-refractivity contribution >= 4 is 25.4 Å². The van der Waals surface area contributed by atoms with E-state index in [1.165, 1.54) is 0 Å². The fourth-order valence-electron chi connectivity index (χ4n) is 4.13. The van der Waals surface area contributed by atoms with E-state index in [9.17, 15) is 32.1 Å². The van der Waals surface area contributed by atoms with Gasteiger partial charge >= 0.3 is 25.8 Å². The molecule has 0 saturated carbocycles. The van der Waals surface area contributed by atoms with E-state index in [1.807, 2.05) is 4.98 Å². The van der Waals surface area contributed by atoms with Crippen molar-refractivity contribution in [2.75, 3.05) is 19.8 Å². The molecule has 18 heteroatoms. The minimum atomic E-state index is -5.17. The molecule has 12 nitrogen and oxygen atoms in total. The molecule has 2 saturated heterocycles. The maximum absolute atomic E-state index is 16.1. The minimum absolute atomic E-state index is 0.0661. The number of benzene rings is 1. The molecule has 0 amide bonds. The predicted molar refractivity (Wildman–Crippen MR) is 126 cm³/mol. The van der Waals surface area contributed by atoms with E-state index in [2.05, 4.69) is 4.74 Å². The normalized spacial score (nSPS) is 30.8. The lowest BCUT2D eigenvalue weighted by Gasteiger charge is -2.30. The number of hydrogen-bond acceptors (Lipinski definition) is 10. The molecule has 2 aliphatic heterocycles. The van der Waals surface area contributed by atoms with Crippen LogP contribution in [0.25, 0.3) is 0 Å². The van der Waals surface area contributed by atoms with Gasteiger partial charge < -0.3 is 9.47 Å². The van der Waals surface area contributed by atoms with Crippen molar-refractivity contribution < 1.29 is 54.7 Å². The first-order valence-electron chi connectivity index (χ1n) is 11.6. The standard InChI is InChI=1S/C22H22ClF4N2O10P/c1-21(24)18(38-17(31)11-34-22(25,26)27)15(37-19(21)29-7-5-16(30)28-20(29)32)10-36-40(33)35-8-6-14(39-40)12-3-2-4-13(23)9-12/h2-5,7,9,14-15,18-19H,6,8,10-11H2,1H3,(H,28,30,32)/t14?,15-,18-,19-,21-,40?/m1/s1. The zero-order chi connectivity index (χ0) is 29.3. The van der Waals surface area contributed by atoms with Crippen molar-refractivity contribution in [3.63, 3.8) is 0 Å². The number of ether oxygens (including phenoxy) is 3. The van der Waals surface area contributed by atoms with Gasteiger partial charge in [0.05, 0.1) is 19.3 Å². The SMILES string of the molecule is C[C@@]1(F)[C@H](OC(=O)COC(F)(F)F)[C@@H](COP2(=O)OCCC(c3cccc(Cl)c3)O2)O[C@H]1n1ccc(=O)[nH]c1=O. The number of aromatic amines is 1. The Balaban J connectivity index is 1.54. The molecule has 0 spiro atoms. The number of carbonyl (C=O) groups excluding carboxylic acids is 1. The van der Waals surface area contributed by atoms with E-state index in [-0.39, 0.29) is 13.0 Å². The Bertz CT molecular complexity index is 1400. The Labute approximate surface area is 227 Å². The molecule has 0 aliphatic carbocycles. The van der Waals surface area contributed by atoms with Gasteiger partial charge in [0, 0.05) is 23.7 Å². The van der Waals surface area contributed by atoms with Crippen molar-refractivity contribution in [2.24, 2.45) is 0 Å². The van der Waals surface area contributed by atoms with Crippen molar-refractivity contribution in [3.05, 3.63) is 68.0 Å². The molecule has 1 aromatic carbocycles. The summed E-state index contributed by atoms with van der Waals surface area (Å²) in [6.07, 6.45) is -10.2. The van der Waals surface area contributed by atoms with Gasteiger partial charge in [0.1, 0.15) is 6.10 Å². The Morgan fingerprint density at radius 1 is 1.30 bits per heavy atom. The summed E-state index contributed by atoms with van der Waals surface area (Å²) in [5, 5.41) is 0.396. The summed E-state index contributed by atoms with van der Waals surface area (Å²) in [5.74, 6) is -1.62. The van der Waals surface area contributed by atoms with E-state index in [4.69, 9.17) is 34.6 Å². The van der Waals surface area contributed by atoms with Crippen LogP contribution in [0, 0.1) is 0 Å². The lowest BCUT2D eigenvalue weighted by Crippen LogP contribution is -2.46. The fourth-order valence-corrected chi connectivity index (χ4v) is 5.73. The topological polar surface area (TPSA) is 144 Å². The second kappa shape index (κ2) is 11.7. The third-order valence-corrected chi connectivity index (χ3v) is 7.61. The number of esters is 1. The quantitative estimate of drug-likeness (QED) is 0.265. The zero-order valence-electron chi connectivity index (χ0n) is 20.5. The second-order valence-electron chi connectivity index (χ2n) is 8.85. The molecule has 6 atom stereocenters. The molecule has 2 unspecified atom stereocenters. The number of phosphoric ester groups is 1. The Morgan fingerprint density at radius 3 is 2.73 bits per heavy atom. The Kier molecular flexibility index (Phi) is 8.90. The number of H-pyrrole nitrogens is 1. The molecule has 1 N–H and O–H groups in total. The summed E-state index contributed by atoms with van der Waals surface area (Å²) in [6, 6.07) is 7.42. The molecule has 2 aliphatic rings. The average molecular weight is 617 g/mol. The molecular formula is C22H22ClF4N2O10P. The first kappa shape index (κ1) is 30.4. The summed E-state index contributed by atoms with van der Waals surface area (Å²) >= 11 is 6.00.